The van der Waals surface area contributed by atoms with Crippen molar-refractivity contribution in [1.82, 2.24) is 55.3 Å². The van der Waals surface area contributed by atoms with E-state index in [-0.39, 0.29) is 33.5 Å². The number of nitrogens with zero attached hydrogens (tertiary/aromatic N) is 9. The number of nitrogens with one attached hydrogen (secondary N) is 3. The lowest BCUT2D eigenvalue weighted by Gasteiger charge is -2.29. The summed E-state index contributed by atoms with van der Waals surface area (Å²) in [5.41, 5.74) is 7.44. The molecule has 392 valence electrons. The zero-order chi connectivity index (χ0) is 53.5. The molecule has 2 aliphatic rings. The predicted octanol–water partition coefficient (Wildman–Crippen LogP) is 7.41. The van der Waals surface area contributed by atoms with E-state index in [9.17, 15) is 28.0 Å². The number of alkyl halides is 1. The summed E-state index contributed by atoms with van der Waals surface area (Å²) in [7, 11) is 0. The van der Waals surface area contributed by atoms with E-state index < -0.39 is 22.9 Å². The van der Waals surface area contributed by atoms with Crippen molar-refractivity contribution in [3.05, 3.63) is 149 Å². The lowest BCUT2D eigenvalue weighted by Crippen LogP contribution is -2.43. The summed E-state index contributed by atoms with van der Waals surface area (Å²) in [5, 5.41) is 31.0. The van der Waals surface area contributed by atoms with Crippen LogP contribution in [-0.2, 0) is 0 Å². The average molecular weight is 1160 g/mol. The molecule has 0 saturated carbocycles. The zero-order valence-corrected chi connectivity index (χ0v) is 44.8. The first-order valence-electron chi connectivity index (χ1n) is 23.4. The van der Waals surface area contributed by atoms with Gasteiger partial charge in [-0.1, -0.05) is 49.9 Å². The van der Waals surface area contributed by atoms with Gasteiger partial charge in [0.25, 0.3) is 0 Å². The largest absolute Gasteiger partial charge is 0.422 e. The number of halogens is 3. The van der Waals surface area contributed by atoms with Crippen LogP contribution in [0, 0.1) is 32.4 Å². The molecule has 2 saturated heterocycles. The van der Waals surface area contributed by atoms with Gasteiger partial charge >= 0.3 is 16.9 Å². The first-order valence-corrected chi connectivity index (χ1v) is 27.0. The molecule has 5 N–H and O–H groups in total. The minimum Gasteiger partial charge on any atom is -0.422 e. The van der Waals surface area contributed by atoms with E-state index in [2.05, 4.69) is 73.2 Å². The van der Waals surface area contributed by atoms with Crippen LogP contribution in [0.1, 0.15) is 25.4 Å². The molecule has 20 nitrogen and oxygen atoms in total. The first kappa shape index (κ1) is 53.4. The summed E-state index contributed by atoms with van der Waals surface area (Å²) in [4.78, 5) is 60.0. The highest BCUT2D eigenvalue weighted by Gasteiger charge is 2.18. The van der Waals surface area contributed by atoms with Gasteiger partial charge in [-0.15, -0.1) is 10.2 Å². The second kappa shape index (κ2) is 24.0. The van der Waals surface area contributed by atoms with E-state index in [1.54, 1.807) is 33.6 Å². The maximum Gasteiger partial charge on any atom is 0.347 e. The van der Waals surface area contributed by atoms with Gasteiger partial charge in [0.1, 0.15) is 49.0 Å². The van der Waals surface area contributed by atoms with E-state index in [0.29, 0.717) is 49.0 Å². The lowest BCUT2D eigenvalue weighted by molar-refractivity contribution is 0.102. The quantitative estimate of drug-likeness (QED) is 0.0743. The number of nitrogen functional groups attached to an aromatic ring is 1. The molecule has 0 bridgehead atoms. The molecule has 13 rings (SSSR count). The molecule has 76 heavy (non-hydrogen) atoms. The fourth-order valence-corrected chi connectivity index (χ4v) is 10.0. The van der Waals surface area contributed by atoms with Crippen LogP contribution in [0.25, 0.3) is 65.3 Å². The Hall–Kier alpha value is -7.46. The number of piperazine rings is 2. The molecule has 0 radical (unpaired) electrons. The number of benzene rings is 3. The van der Waals surface area contributed by atoms with Crippen LogP contribution in [-0.4, -0.2) is 103 Å². The molecule has 0 amide bonds. The van der Waals surface area contributed by atoms with Crippen LogP contribution >= 0.6 is 49.9 Å². The summed E-state index contributed by atoms with van der Waals surface area (Å²) in [6.45, 7) is 14.1. The Kier molecular flexibility index (Phi) is 16.9. The van der Waals surface area contributed by atoms with E-state index in [1.807, 2.05) is 39.0 Å². The number of anilines is 2. The molecule has 2 fully saturated rings. The third kappa shape index (κ3) is 13.0. The maximum absolute atomic E-state index is 13.1. The van der Waals surface area contributed by atoms with Crippen LogP contribution in [0.4, 0.5) is 19.6 Å². The number of rotatable bonds is 5. The van der Waals surface area contributed by atoms with Crippen LogP contribution in [0.5, 0.6) is 0 Å². The van der Waals surface area contributed by atoms with Gasteiger partial charge in [-0.3, -0.25) is 4.79 Å². The fourth-order valence-electron chi connectivity index (χ4n) is 7.79. The number of nitrogens with two attached hydrogens (primary N) is 1. The highest BCUT2D eigenvalue weighted by Crippen LogP contribution is 2.27. The molecular formula is C50H46BrF2N13O7S3. The number of hydrogen-bond donors (Lipinski definition) is 4. The molecule has 0 spiro atoms. The van der Waals surface area contributed by atoms with Gasteiger partial charge in [0.15, 0.2) is 5.78 Å². The van der Waals surface area contributed by atoms with E-state index in [0.717, 1.165) is 89.5 Å². The number of hydrogen-bond acceptors (Lipinski definition) is 21. The first-order chi connectivity index (χ1) is 36.7. The number of ketones is 1. The molecule has 8 aromatic heterocycles. The summed E-state index contributed by atoms with van der Waals surface area (Å²) >= 11 is 7.30. The normalized spacial score (nSPS) is 13.4. The topological polar surface area (TPSA) is 259 Å². The van der Waals surface area contributed by atoms with Gasteiger partial charge in [0.2, 0.25) is 15.1 Å². The Morgan fingerprint density at radius 1 is 0.618 bits per heavy atom. The molecule has 11 aromatic rings. The standard InChI is InChI=1S/C18H17N5O2S.C14H8FN3O2S.C11H6BrFO3.C4H10N2.C3H5N3S/c1-11-21-23-10-15(20-18(23)26-11)14-8-12-2-3-13(9-16(12)25-17(14)24)22-6-4-19-5-7-22;1-7-17-18-6-11(16-14(18)21-7)10-4-8-2-3-9(15)5-12(8)20-13(10)19;12-5-9(14)8-3-6-1-2-7(13)4-10(6)16-11(8)15;1-2-6-4-3-5-1;1-2-5-6-3(4)7-2/h2-3,8-10,19H,4-7H2,1H3;2-6H,1H3;1-4H,5H2;5-6H,1-4H2;1H3,(H2,4,6). The molecule has 26 heteroatoms. The van der Waals surface area contributed by atoms with Crippen molar-refractivity contribution >= 4 is 109 Å². The van der Waals surface area contributed by atoms with Crippen LogP contribution in [0.2, 0.25) is 0 Å². The second-order valence-corrected chi connectivity index (χ2v) is 20.9. The number of fused-ring (bicyclic) bond motifs is 5. The molecular weight excluding hydrogens is 1110 g/mol. The number of carbonyl (C=O) groups excluding carboxylic acids is 1. The van der Waals surface area contributed by atoms with Gasteiger partial charge in [-0.2, -0.15) is 10.2 Å². The van der Waals surface area contributed by atoms with Crippen LogP contribution in [0.15, 0.2) is 113 Å². The number of Topliss-reactive ketones (excluding diaryl/α,β-unsaturated/α-hetero) is 1. The molecule has 10 heterocycles. The third-order valence-electron chi connectivity index (χ3n) is 11.4. The van der Waals surface area contributed by atoms with E-state index in [1.165, 1.54) is 64.3 Å². The van der Waals surface area contributed by atoms with Crippen molar-refractivity contribution in [3.8, 4) is 22.5 Å². The van der Waals surface area contributed by atoms with Crippen molar-refractivity contribution in [2.24, 2.45) is 0 Å². The van der Waals surface area contributed by atoms with Crippen molar-refractivity contribution in [3.63, 3.8) is 0 Å². The monoisotopic (exact) mass is 1150 g/mol. The van der Waals surface area contributed by atoms with Gasteiger partial charge in [-0.25, -0.2) is 42.2 Å². The number of imidazole rings is 2. The lowest BCUT2D eigenvalue weighted by atomic mass is 10.1. The maximum atomic E-state index is 13.1. The molecule has 0 aliphatic carbocycles. The predicted molar refractivity (Wildman–Crippen MR) is 295 cm³/mol. The SMILES string of the molecule is C1CNCCN1.Cc1nn2cc(-c3cc4ccc(F)cc4oc3=O)nc2s1.Cc1nn2cc(-c3cc4ccc(N5CCNCC5)cc4oc3=O)nc2s1.Cc1nnc(N)s1.O=C(CBr)c1cc2ccc(F)cc2oc1=O. The Balaban J connectivity index is 0.000000127. The Morgan fingerprint density at radius 3 is 1.54 bits per heavy atom. The molecule has 2 aliphatic heterocycles. The average Bonchev–Trinajstić information content (AvgIpc) is 4.25. The minimum absolute atomic E-state index is 0.0315. The van der Waals surface area contributed by atoms with Crippen LogP contribution < -0.4 is 43.5 Å². The summed E-state index contributed by atoms with van der Waals surface area (Å²) in [5.74, 6) is -1.30. The third-order valence-corrected chi connectivity index (χ3v) is 14.2. The molecule has 0 unspecified atom stereocenters. The van der Waals surface area contributed by atoms with Crippen molar-refractivity contribution in [1.29, 1.82) is 0 Å². The Labute approximate surface area is 449 Å². The van der Waals surface area contributed by atoms with Crippen molar-refractivity contribution in [2.75, 3.05) is 68.3 Å². The summed E-state index contributed by atoms with van der Waals surface area (Å²) in [6, 6.07) is 18.8. The van der Waals surface area contributed by atoms with Gasteiger partial charge in [0, 0.05) is 92.4 Å². The van der Waals surface area contributed by atoms with Gasteiger partial charge < -0.3 is 39.8 Å². The smallest absolute Gasteiger partial charge is 0.347 e. The van der Waals surface area contributed by atoms with Crippen molar-refractivity contribution < 1.29 is 26.8 Å². The van der Waals surface area contributed by atoms with Crippen molar-refractivity contribution in [2.45, 2.75) is 20.8 Å². The minimum atomic E-state index is -0.748. The number of aryl methyl sites for hydroxylation is 3. The zero-order valence-electron chi connectivity index (χ0n) is 40.8. The Morgan fingerprint density at radius 2 is 1.09 bits per heavy atom. The second-order valence-electron chi connectivity index (χ2n) is 16.8. The van der Waals surface area contributed by atoms with Gasteiger partial charge in [0.05, 0.1) is 40.2 Å². The van der Waals surface area contributed by atoms with Gasteiger partial charge in [-0.05, 0) is 75.4 Å². The molecule has 3 aromatic carbocycles. The van der Waals surface area contributed by atoms with Crippen LogP contribution in [0.3, 0.4) is 0 Å². The van der Waals surface area contributed by atoms with E-state index >= 15 is 0 Å². The number of aromatic nitrogens is 8. The summed E-state index contributed by atoms with van der Waals surface area (Å²) in [6.07, 6.45) is 3.45. The van der Waals surface area contributed by atoms with E-state index in [4.69, 9.17) is 19.0 Å². The molecule has 0 atom stereocenters. The fraction of sp³-hybridized carbons (Fsp3) is 0.240. The number of carbonyl (C=O) groups is 1. The highest BCUT2D eigenvalue weighted by molar-refractivity contribution is 9.09. The Bertz CT molecular complexity index is 3950. The summed E-state index contributed by atoms with van der Waals surface area (Å²) < 4.78 is 45.0. The highest BCUT2D eigenvalue weighted by atomic mass is 79.9.